The van der Waals surface area contributed by atoms with Crippen LogP contribution in [-0.4, -0.2) is 114 Å². The molecule has 5 heterocycles. The summed E-state index contributed by atoms with van der Waals surface area (Å²) >= 11 is 0. The van der Waals surface area contributed by atoms with Gasteiger partial charge in [0.15, 0.2) is 23.5 Å². The average Bonchev–Trinajstić information content (AvgIpc) is 3.97. The van der Waals surface area contributed by atoms with Crippen molar-refractivity contribution >= 4 is 52.9 Å². The molecular weight excluding hydrogens is 762 g/mol. The Morgan fingerprint density at radius 3 is 2.45 bits per heavy atom. The number of nitrogens with one attached hydrogen (secondary N) is 2. The maximum absolute atomic E-state index is 13.6. The van der Waals surface area contributed by atoms with Crippen molar-refractivity contribution in [1.29, 1.82) is 0 Å². The fraction of sp³-hybridized carbons (Fsp3) is 0.351. The van der Waals surface area contributed by atoms with Crippen molar-refractivity contribution in [2.45, 2.75) is 38.0 Å². The van der Waals surface area contributed by atoms with Crippen LogP contribution in [0.25, 0.3) is 0 Å². The molecule has 58 heavy (non-hydrogen) atoms. The largest absolute Gasteiger partial charge is 0.493 e. The van der Waals surface area contributed by atoms with Gasteiger partial charge in [-0.05, 0) is 31.4 Å². The summed E-state index contributed by atoms with van der Waals surface area (Å²) in [7, 11) is 5.94. The quantitative estimate of drug-likeness (QED) is 0.0813. The summed E-state index contributed by atoms with van der Waals surface area (Å²) in [6.45, 7) is 3.87. The molecular formula is C37H41N9O12. The fourth-order valence-corrected chi connectivity index (χ4v) is 6.64. The van der Waals surface area contributed by atoms with Crippen LogP contribution < -0.4 is 29.7 Å². The summed E-state index contributed by atoms with van der Waals surface area (Å²) in [5.74, 6) is -3.69. The number of hydrogen-bond acceptors (Lipinski definition) is 13. The van der Waals surface area contributed by atoms with E-state index >= 15 is 0 Å². The third kappa shape index (κ3) is 8.33. The Labute approximate surface area is 330 Å². The summed E-state index contributed by atoms with van der Waals surface area (Å²) < 4.78 is 25.9. The van der Waals surface area contributed by atoms with E-state index < -0.39 is 42.1 Å². The van der Waals surface area contributed by atoms with Crippen LogP contribution in [0.4, 0.5) is 22.0 Å². The van der Waals surface area contributed by atoms with Crippen molar-refractivity contribution in [2.75, 3.05) is 42.4 Å². The molecule has 21 heteroatoms. The third-order valence-corrected chi connectivity index (χ3v) is 9.33. The zero-order valence-corrected chi connectivity index (χ0v) is 32.0. The van der Waals surface area contributed by atoms with Crippen molar-refractivity contribution in [2.24, 2.45) is 21.1 Å². The molecule has 6 rings (SSSR count). The number of fused-ring (bicyclic) bond motifs is 2. The van der Waals surface area contributed by atoms with Crippen LogP contribution in [0, 0.1) is 0 Å². The number of carboxylic acid groups (broad SMARTS) is 1. The molecule has 21 nitrogen and oxygen atoms in total. The number of anilines is 3. The van der Waals surface area contributed by atoms with Gasteiger partial charge in [-0.15, -0.1) is 0 Å². The molecule has 1 fully saturated rings. The highest BCUT2D eigenvalue weighted by atomic mass is 16.6. The number of nitrogens with zero attached hydrogens (tertiary/aromatic N) is 7. The molecule has 0 aliphatic carbocycles. The number of carbonyl (C=O) groups is 6. The first-order valence-corrected chi connectivity index (χ1v) is 17.9. The van der Waals surface area contributed by atoms with Crippen LogP contribution in [0.5, 0.6) is 17.4 Å². The predicted molar refractivity (Wildman–Crippen MR) is 202 cm³/mol. The number of benzene rings is 1. The van der Waals surface area contributed by atoms with Crippen LogP contribution in [0.3, 0.4) is 0 Å². The van der Waals surface area contributed by atoms with Gasteiger partial charge in [0.1, 0.15) is 12.3 Å². The first kappa shape index (κ1) is 40.5. The number of ether oxygens (including phenoxy) is 4. The topological polar surface area (TPSA) is 251 Å². The van der Waals surface area contributed by atoms with Crippen molar-refractivity contribution < 1.29 is 57.9 Å². The van der Waals surface area contributed by atoms with E-state index in [0.717, 1.165) is 4.90 Å². The van der Waals surface area contributed by atoms with Crippen molar-refractivity contribution in [3.8, 4) is 17.4 Å². The number of methoxy groups -OCH3 is 1. The van der Waals surface area contributed by atoms with Gasteiger partial charge in [0.05, 0.1) is 42.9 Å². The molecule has 1 aromatic carbocycles. The molecule has 2 atom stereocenters. The third-order valence-electron chi connectivity index (χ3n) is 9.33. The van der Waals surface area contributed by atoms with Crippen LogP contribution in [0.15, 0.2) is 49.4 Å². The number of aromatic nitrogens is 5. The molecule has 1 saturated heterocycles. The number of rotatable bonds is 14. The van der Waals surface area contributed by atoms with E-state index in [1.54, 1.807) is 14.1 Å². The maximum Gasteiger partial charge on any atom is 0.416 e. The van der Waals surface area contributed by atoms with E-state index in [4.69, 9.17) is 18.9 Å². The van der Waals surface area contributed by atoms with E-state index in [1.165, 1.54) is 75.6 Å². The lowest BCUT2D eigenvalue weighted by molar-refractivity contribution is -0.116. The number of carbonyl (C=O) groups excluding carboxylic acids is 5. The van der Waals surface area contributed by atoms with Gasteiger partial charge in [-0.3, -0.25) is 14.4 Å². The van der Waals surface area contributed by atoms with Gasteiger partial charge in [-0.25, -0.2) is 24.3 Å². The summed E-state index contributed by atoms with van der Waals surface area (Å²) in [6, 6.07) is 3.59. The summed E-state index contributed by atoms with van der Waals surface area (Å²) in [5, 5.41) is 25.8. The SMILES string of the molecule is C=CCOC(=O)N1c2cc(OCCCC(=O)Nc3cn(C)c(C(=O)Nc4cc(C(=O)Oc5cn(C)c(C(=O)O)n5)n(C)c4)n3)c(OC)cc2C(=O)N2CCC[C@H]2C1O. The lowest BCUT2D eigenvalue weighted by Gasteiger charge is -2.31. The maximum atomic E-state index is 13.6. The number of aromatic carboxylic acids is 1. The number of carboxylic acids is 1. The number of esters is 1. The highest BCUT2D eigenvalue weighted by Gasteiger charge is 2.45. The van der Waals surface area contributed by atoms with Gasteiger partial charge in [0.2, 0.25) is 23.4 Å². The Bertz CT molecular complexity index is 2290. The van der Waals surface area contributed by atoms with Crippen LogP contribution >= 0.6 is 0 Å². The van der Waals surface area contributed by atoms with Crippen LogP contribution in [-0.2, 0) is 30.7 Å². The molecule has 0 bridgehead atoms. The molecule has 1 unspecified atom stereocenters. The summed E-state index contributed by atoms with van der Waals surface area (Å²) in [4.78, 5) is 87.3. The molecule has 4 amide bonds. The highest BCUT2D eigenvalue weighted by molar-refractivity contribution is 6.06. The minimum atomic E-state index is -1.38. The Balaban J connectivity index is 1.05. The van der Waals surface area contributed by atoms with Crippen molar-refractivity contribution in [1.82, 2.24) is 28.6 Å². The summed E-state index contributed by atoms with van der Waals surface area (Å²) in [6.07, 6.45) is 4.64. The zero-order valence-electron chi connectivity index (χ0n) is 32.0. The molecule has 4 N–H and O–H groups in total. The minimum absolute atomic E-state index is 0.0157. The first-order valence-electron chi connectivity index (χ1n) is 17.9. The van der Waals surface area contributed by atoms with Crippen molar-refractivity contribution in [3.05, 3.63) is 72.4 Å². The monoisotopic (exact) mass is 803 g/mol. The van der Waals surface area contributed by atoms with Crippen molar-refractivity contribution in [3.63, 3.8) is 0 Å². The molecule has 4 aromatic rings. The molecule has 0 spiro atoms. The smallest absolute Gasteiger partial charge is 0.416 e. The molecule has 2 aliphatic heterocycles. The molecule has 0 saturated carbocycles. The normalized spacial score (nSPS) is 15.8. The summed E-state index contributed by atoms with van der Waals surface area (Å²) in [5.41, 5.74) is 0.475. The zero-order chi connectivity index (χ0) is 41.8. The molecule has 2 aliphatic rings. The highest BCUT2D eigenvalue weighted by Crippen LogP contribution is 2.41. The number of aryl methyl sites for hydroxylation is 3. The van der Waals surface area contributed by atoms with Gasteiger partial charge in [-0.2, -0.15) is 4.98 Å². The van der Waals surface area contributed by atoms with Gasteiger partial charge >= 0.3 is 18.0 Å². The van der Waals surface area contributed by atoms with Gasteiger partial charge < -0.3 is 58.4 Å². The second kappa shape index (κ2) is 16.9. The van der Waals surface area contributed by atoms with E-state index in [1.807, 2.05) is 0 Å². The lowest BCUT2D eigenvalue weighted by atomic mass is 10.1. The number of hydrogen-bond donors (Lipinski definition) is 4. The average molecular weight is 804 g/mol. The van der Waals surface area contributed by atoms with Crippen LogP contribution in [0.1, 0.15) is 67.8 Å². The standard InChI is InChI=1S/C37H41N9O12/c1-6-12-57-37(54)46-23-16-26(25(55-5)15-21(23)33(49)45-11-7-9-22(45)34(46)50)56-13-8-10-28(47)39-27-18-43(3)30(40-27)32(48)38-20-14-24(42(2)17-20)36(53)58-29-19-44(4)31(41-29)35(51)52/h6,14-19,22,34,50H,1,7-13H2,2-5H3,(H,38,48)(H,39,47)(H,51,52)/t22-,34?/m0/s1. The van der Waals surface area contributed by atoms with E-state index in [-0.39, 0.29) is 89.4 Å². The lowest BCUT2D eigenvalue weighted by Crippen LogP contribution is -2.50. The van der Waals surface area contributed by atoms with Crippen LogP contribution in [0.2, 0.25) is 0 Å². The molecule has 3 aromatic heterocycles. The molecule has 306 valence electrons. The number of aliphatic hydroxyl groups is 1. The second-order valence-electron chi connectivity index (χ2n) is 13.3. The first-order chi connectivity index (χ1) is 27.7. The number of aliphatic hydroxyl groups excluding tert-OH is 1. The predicted octanol–water partition coefficient (Wildman–Crippen LogP) is 2.53. The Kier molecular flexibility index (Phi) is 11.8. The Morgan fingerprint density at radius 1 is 0.983 bits per heavy atom. The van der Waals surface area contributed by atoms with Gasteiger partial charge in [-0.1, -0.05) is 12.7 Å². The number of amides is 4. The molecule has 0 radical (unpaired) electrons. The van der Waals surface area contributed by atoms with Gasteiger partial charge in [0, 0.05) is 52.6 Å². The van der Waals surface area contributed by atoms with Gasteiger partial charge in [0.25, 0.3) is 11.8 Å². The Morgan fingerprint density at radius 2 is 1.74 bits per heavy atom. The second-order valence-corrected chi connectivity index (χ2v) is 13.3. The van der Waals surface area contributed by atoms with E-state index in [0.29, 0.717) is 19.4 Å². The van der Waals surface area contributed by atoms with E-state index in [2.05, 4.69) is 27.2 Å². The minimum Gasteiger partial charge on any atom is -0.493 e. The number of imidazole rings is 2. The van der Waals surface area contributed by atoms with E-state index in [9.17, 15) is 39.0 Å². The Hall–Kier alpha value is -7.16. The fourth-order valence-electron chi connectivity index (χ4n) is 6.64.